The molecular formula is C14H21N5O3. The Bertz CT molecular complexity index is 580. The lowest BCUT2D eigenvalue weighted by molar-refractivity contribution is -0.121. The van der Waals surface area contributed by atoms with E-state index in [-0.39, 0.29) is 35.2 Å². The third-order valence-electron chi connectivity index (χ3n) is 4.09. The summed E-state index contributed by atoms with van der Waals surface area (Å²) in [5, 5.41) is 5.44. The summed E-state index contributed by atoms with van der Waals surface area (Å²) in [6.45, 7) is 0.486. The van der Waals surface area contributed by atoms with Crippen LogP contribution in [0.1, 0.15) is 29.8 Å². The minimum absolute atomic E-state index is 0.0268. The van der Waals surface area contributed by atoms with Gasteiger partial charge in [0.25, 0.3) is 11.5 Å². The fourth-order valence-electron chi connectivity index (χ4n) is 2.67. The molecule has 1 aliphatic heterocycles. The fourth-order valence-corrected chi connectivity index (χ4v) is 2.67. The molecule has 0 saturated carbocycles. The van der Waals surface area contributed by atoms with Gasteiger partial charge in [-0.15, -0.1) is 0 Å². The van der Waals surface area contributed by atoms with Gasteiger partial charge in [0, 0.05) is 38.3 Å². The van der Waals surface area contributed by atoms with Crippen molar-refractivity contribution in [3.05, 3.63) is 28.4 Å². The maximum absolute atomic E-state index is 11.9. The molecule has 0 aliphatic carbocycles. The second-order valence-electron chi connectivity index (χ2n) is 5.43. The van der Waals surface area contributed by atoms with Gasteiger partial charge >= 0.3 is 0 Å². The van der Waals surface area contributed by atoms with Crippen LogP contribution in [0.15, 0.2) is 17.2 Å². The summed E-state index contributed by atoms with van der Waals surface area (Å²) in [5.41, 5.74) is -0.161. The number of aromatic amines is 1. The van der Waals surface area contributed by atoms with Crippen LogP contribution in [-0.4, -0.2) is 59.4 Å². The van der Waals surface area contributed by atoms with E-state index in [1.54, 1.807) is 7.05 Å². The van der Waals surface area contributed by atoms with Crippen molar-refractivity contribution >= 4 is 11.8 Å². The largest absolute Gasteiger partial charge is 0.359 e. The maximum Gasteiger partial charge on any atom is 0.271 e. The summed E-state index contributed by atoms with van der Waals surface area (Å²) in [5.74, 6) is -0.293. The van der Waals surface area contributed by atoms with E-state index in [9.17, 15) is 14.4 Å². The Balaban J connectivity index is 1.84. The highest BCUT2D eigenvalue weighted by Crippen LogP contribution is 2.24. The number of likely N-dealkylation sites (N-methyl/N-ethyl adjacent to an activating group) is 1. The van der Waals surface area contributed by atoms with E-state index >= 15 is 0 Å². The molecular weight excluding hydrogens is 286 g/mol. The zero-order chi connectivity index (χ0) is 16.1. The van der Waals surface area contributed by atoms with E-state index in [1.165, 1.54) is 6.20 Å². The van der Waals surface area contributed by atoms with E-state index in [0.29, 0.717) is 13.0 Å². The molecule has 2 heterocycles. The first-order valence-corrected chi connectivity index (χ1v) is 7.26. The Hall–Kier alpha value is -2.22. The van der Waals surface area contributed by atoms with Gasteiger partial charge in [0.2, 0.25) is 5.91 Å². The number of nitrogens with zero attached hydrogens (tertiary/aromatic N) is 2. The molecule has 8 heteroatoms. The number of nitrogens with one attached hydrogen (secondary N) is 3. The van der Waals surface area contributed by atoms with Gasteiger partial charge < -0.3 is 15.6 Å². The first-order chi connectivity index (χ1) is 10.5. The molecule has 120 valence electrons. The molecule has 1 fully saturated rings. The highest BCUT2D eigenvalue weighted by atomic mass is 16.2. The topological polar surface area (TPSA) is 107 Å². The second-order valence-corrected chi connectivity index (χ2v) is 5.43. The molecule has 2 atom stereocenters. The van der Waals surface area contributed by atoms with Gasteiger partial charge in [-0.2, -0.15) is 0 Å². The van der Waals surface area contributed by atoms with E-state index in [2.05, 4.69) is 25.5 Å². The lowest BCUT2D eigenvalue weighted by Gasteiger charge is -2.25. The van der Waals surface area contributed by atoms with Crippen LogP contribution in [-0.2, 0) is 4.79 Å². The summed E-state index contributed by atoms with van der Waals surface area (Å²) in [4.78, 5) is 42.7. The molecule has 22 heavy (non-hydrogen) atoms. The van der Waals surface area contributed by atoms with Crippen LogP contribution >= 0.6 is 0 Å². The second kappa shape index (κ2) is 7.17. The van der Waals surface area contributed by atoms with Crippen molar-refractivity contribution < 1.29 is 9.59 Å². The molecule has 0 bridgehead atoms. The van der Waals surface area contributed by atoms with Crippen molar-refractivity contribution in [1.82, 2.24) is 25.5 Å². The average Bonchev–Trinajstić information content (AvgIpc) is 2.86. The van der Waals surface area contributed by atoms with Crippen LogP contribution in [0.3, 0.4) is 0 Å². The van der Waals surface area contributed by atoms with Crippen molar-refractivity contribution in [2.45, 2.75) is 31.3 Å². The molecule has 0 unspecified atom stereocenters. The zero-order valence-electron chi connectivity index (χ0n) is 12.8. The SMILES string of the molecule is CNC(=O)C[C@H]1CC[C@@H](CNC(=O)c2c[nH]c(=O)cn2)N1C. The molecule has 1 saturated heterocycles. The lowest BCUT2D eigenvalue weighted by Crippen LogP contribution is -2.42. The number of hydrogen-bond donors (Lipinski definition) is 3. The molecule has 2 rings (SSSR count). The van der Waals surface area contributed by atoms with Crippen LogP contribution in [0.5, 0.6) is 0 Å². The van der Waals surface area contributed by atoms with Crippen LogP contribution in [0.25, 0.3) is 0 Å². The van der Waals surface area contributed by atoms with E-state index in [4.69, 9.17) is 0 Å². The van der Waals surface area contributed by atoms with Gasteiger partial charge in [0.05, 0.1) is 6.20 Å². The zero-order valence-corrected chi connectivity index (χ0v) is 12.8. The first kappa shape index (κ1) is 16.2. The molecule has 1 aromatic heterocycles. The highest BCUT2D eigenvalue weighted by molar-refractivity contribution is 5.91. The third kappa shape index (κ3) is 3.91. The standard InChI is InChI=1S/C14H21N5O3/c1-15-12(20)5-9-3-4-10(19(9)2)6-18-14(22)11-7-17-13(21)8-16-11/h7-10H,3-6H2,1-2H3,(H,15,20)(H,17,21)(H,18,22)/t9-,10+/m1/s1. The molecule has 8 nitrogen and oxygen atoms in total. The van der Waals surface area contributed by atoms with Crippen LogP contribution in [0.4, 0.5) is 0 Å². The summed E-state index contributed by atoms with van der Waals surface area (Å²) in [7, 11) is 3.60. The van der Waals surface area contributed by atoms with E-state index < -0.39 is 0 Å². The van der Waals surface area contributed by atoms with Crippen molar-refractivity contribution in [3.63, 3.8) is 0 Å². The monoisotopic (exact) mass is 307 g/mol. The Morgan fingerprint density at radius 2 is 2.14 bits per heavy atom. The van der Waals surface area contributed by atoms with Crippen LogP contribution in [0, 0.1) is 0 Å². The molecule has 0 aromatic carbocycles. The molecule has 1 aliphatic rings. The predicted molar refractivity (Wildman–Crippen MR) is 80.4 cm³/mol. The Labute approximate surface area is 128 Å². The van der Waals surface area contributed by atoms with Gasteiger partial charge in [-0.1, -0.05) is 0 Å². The number of H-pyrrole nitrogens is 1. The summed E-state index contributed by atoms with van der Waals surface area (Å²) in [6, 6.07) is 0.398. The van der Waals surface area contributed by atoms with Crippen molar-refractivity contribution in [1.29, 1.82) is 0 Å². The first-order valence-electron chi connectivity index (χ1n) is 7.26. The predicted octanol–water partition coefficient (Wildman–Crippen LogP) is -0.901. The summed E-state index contributed by atoms with van der Waals surface area (Å²) >= 11 is 0. The van der Waals surface area contributed by atoms with E-state index in [0.717, 1.165) is 19.0 Å². The molecule has 0 radical (unpaired) electrons. The van der Waals surface area contributed by atoms with E-state index in [1.807, 2.05) is 7.05 Å². The van der Waals surface area contributed by atoms with Crippen LogP contribution < -0.4 is 16.2 Å². The number of amides is 2. The van der Waals surface area contributed by atoms with Crippen molar-refractivity contribution in [2.24, 2.45) is 0 Å². The number of rotatable bonds is 5. The maximum atomic E-state index is 11.9. The average molecular weight is 307 g/mol. The Morgan fingerprint density at radius 1 is 1.41 bits per heavy atom. The molecule has 1 aromatic rings. The molecule has 2 amide bonds. The van der Waals surface area contributed by atoms with Gasteiger partial charge in [-0.25, -0.2) is 4.98 Å². The number of hydrogen-bond acceptors (Lipinski definition) is 5. The Morgan fingerprint density at radius 3 is 2.77 bits per heavy atom. The van der Waals surface area contributed by atoms with Crippen molar-refractivity contribution in [2.75, 3.05) is 20.6 Å². The number of carbonyl (C=O) groups is 2. The van der Waals surface area contributed by atoms with Gasteiger partial charge in [0.15, 0.2) is 0 Å². The quantitative estimate of drug-likeness (QED) is 0.653. The summed E-state index contributed by atoms with van der Waals surface area (Å²) < 4.78 is 0. The minimum atomic E-state index is -0.343. The smallest absolute Gasteiger partial charge is 0.271 e. The number of aromatic nitrogens is 2. The number of likely N-dealkylation sites (tertiary alicyclic amines) is 1. The normalized spacial score (nSPS) is 21.5. The number of carbonyl (C=O) groups excluding carboxylic acids is 2. The van der Waals surface area contributed by atoms with Crippen LogP contribution in [0.2, 0.25) is 0 Å². The van der Waals surface area contributed by atoms with Crippen molar-refractivity contribution in [3.8, 4) is 0 Å². The Kier molecular flexibility index (Phi) is 5.26. The lowest BCUT2D eigenvalue weighted by atomic mass is 10.1. The minimum Gasteiger partial charge on any atom is -0.359 e. The highest BCUT2D eigenvalue weighted by Gasteiger charge is 2.31. The summed E-state index contributed by atoms with van der Waals surface area (Å²) in [6.07, 6.45) is 4.71. The third-order valence-corrected chi connectivity index (χ3v) is 4.09. The fraction of sp³-hybridized carbons (Fsp3) is 0.571. The van der Waals surface area contributed by atoms with Gasteiger partial charge in [-0.3, -0.25) is 19.3 Å². The molecule has 3 N–H and O–H groups in total. The molecule has 0 spiro atoms. The van der Waals surface area contributed by atoms with Gasteiger partial charge in [-0.05, 0) is 19.9 Å². The van der Waals surface area contributed by atoms with Gasteiger partial charge in [0.1, 0.15) is 5.69 Å².